The SMILES string of the molecule is C=C(O[O-])C(Nc1nc(NCCO)nc(Nc2ccc(Nc3nc(NCCO)nc(NC(CC(=O)[O-])C(=O)[O-])n3)cc2)n1)C(=O)[O-].[K+].[K+].[K+].[K+]. The fourth-order valence-electron chi connectivity index (χ4n) is 3.35. The molecule has 0 aliphatic rings. The van der Waals surface area contributed by atoms with Gasteiger partial charge in [-0.3, -0.25) is 0 Å². The summed E-state index contributed by atoms with van der Waals surface area (Å²) >= 11 is 0. The summed E-state index contributed by atoms with van der Waals surface area (Å²) in [6.45, 7) is 2.73. The van der Waals surface area contributed by atoms with Crippen LogP contribution in [-0.2, 0) is 19.3 Å². The van der Waals surface area contributed by atoms with Gasteiger partial charge in [0.2, 0.25) is 35.7 Å². The summed E-state index contributed by atoms with van der Waals surface area (Å²) in [5.41, 5.74) is 0.833. The average Bonchev–Trinajstić information content (AvgIpc) is 3.01. The number of hydrogen-bond acceptors (Lipinski definition) is 22. The van der Waals surface area contributed by atoms with Gasteiger partial charge in [-0.2, -0.15) is 29.9 Å². The van der Waals surface area contributed by atoms with Crippen LogP contribution in [0.25, 0.3) is 0 Å². The zero-order valence-corrected chi connectivity index (χ0v) is 40.0. The number of rotatable bonds is 20. The molecule has 0 amide bonds. The summed E-state index contributed by atoms with van der Waals surface area (Å²) in [5, 5.41) is 78.4. The van der Waals surface area contributed by atoms with Gasteiger partial charge < -0.3 is 82.0 Å². The maximum absolute atomic E-state index is 11.4. The van der Waals surface area contributed by atoms with Crippen LogP contribution in [0, 0.1) is 0 Å². The molecule has 22 nitrogen and oxygen atoms in total. The van der Waals surface area contributed by atoms with Crippen molar-refractivity contribution in [2.45, 2.75) is 18.5 Å². The van der Waals surface area contributed by atoms with Crippen LogP contribution in [0.2, 0.25) is 0 Å². The Hall–Kier alpha value is 0.415. The normalized spacial score (nSPS) is 10.9. The van der Waals surface area contributed by atoms with E-state index in [4.69, 9.17) is 10.2 Å². The van der Waals surface area contributed by atoms with E-state index >= 15 is 0 Å². The molecule has 246 valence electrons. The van der Waals surface area contributed by atoms with Gasteiger partial charge in [-0.15, -0.1) is 0 Å². The number of aromatic nitrogens is 6. The van der Waals surface area contributed by atoms with Crippen molar-refractivity contribution in [2.24, 2.45) is 0 Å². The molecular weight excluding hydrogens is 773 g/mol. The Kier molecular flexibility index (Phi) is 29.3. The topological polar surface area (TPSA) is 343 Å². The molecule has 0 fully saturated rings. The van der Waals surface area contributed by atoms with Crippen molar-refractivity contribution in [2.75, 3.05) is 58.2 Å². The molecular formula is C24H26K4N12O10. The van der Waals surface area contributed by atoms with E-state index in [9.17, 15) is 35.0 Å². The van der Waals surface area contributed by atoms with Crippen molar-refractivity contribution in [3.05, 3.63) is 36.6 Å². The third kappa shape index (κ3) is 18.6. The van der Waals surface area contributed by atoms with Crippen molar-refractivity contribution in [1.29, 1.82) is 0 Å². The summed E-state index contributed by atoms with van der Waals surface area (Å²) in [6.07, 6.45) is -0.927. The summed E-state index contributed by atoms with van der Waals surface area (Å²) in [7, 11) is 0. The van der Waals surface area contributed by atoms with Crippen LogP contribution in [0.5, 0.6) is 0 Å². The number of carboxylic acid groups (broad SMARTS) is 3. The van der Waals surface area contributed by atoms with E-state index in [2.05, 4.69) is 73.3 Å². The summed E-state index contributed by atoms with van der Waals surface area (Å²) < 4.78 is 0. The van der Waals surface area contributed by atoms with Crippen molar-refractivity contribution in [1.82, 2.24) is 29.9 Å². The van der Waals surface area contributed by atoms with Gasteiger partial charge in [-0.1, -0.05) is 6.58 Å². The van der Waals surface area contributed by atoms with E-state index in [1.54, 1.807) is 24.3 Å². The van der Waals surface area contributed by atoms with Crippen LogP contribution < -0.4 is 258 Å². The first kappa shape index (κ1) is 52.5. The first-order valence-electron chi connectivity index (χ1n) is 13.0. The molecule has 2 heterocycles. The Labute approximate surface area is 454 Å². The number of carbonyl (C=O) groups is 3. The number of aliphatic hydroxyl groups is 2. The van der Waals surface area contributed by atoms with Gasteiger partial charge >= 0.3 is 206 Å². The third-order valence-corrected chi connectivity index (χ3v) is 5.35. The maximum Gasteiger partial charge on any atom is 1.00 e. The number of hydrogen-bond donors (Lipinski definition) is 8. The quantitative estimate of drug-likeness (QED) is 0.0228. The van der Waals surface area contributed by atoms with E-state index in [0.29, 0.717) is 11.4 Å². The van der Waals surface area contributed by atoms with Gasteiger partial charge in [0.05, 0.1) is 31.2 Å². The number of nitrogens with zero attached hydrogens (tertiary/aromatic N) is 6. The predicted octanol–water partition coefficient (Wildman–Crippen LogP) is -17.6. The number of nitrogens with one attached hydrogen (secondary N) is 6. The van der Waals surface area contributed by atoms with Crippen molar-refractivity contribution in [3.63, 3.8) is 0 Å². The molecule has 3 aromatic rings. The van der Waals surface area contributed by atoms with E-state index in [0.717, 1.165) is 0 Å². The molecule has 1 aromatic carbocycles. The van der Waals surface area contributed by atoms with Gasteiger partial charge in [0.25, 0.3) is 0 Å². The molecule has 0 radical (unpaired) electrons. The Morgan fingerprint density at radius 3 is 1.44 bits per heavy atom. The second-order valence-corrected chi connectivity index (χ2v) is 8.78. The number of anilines is 8. The number of carboxylic acids is 3. The maximum atomic E-state index is 11.4. The second kappa shape index (κ2) is 27.9. The molecule has 0 aliphatic carbocycles. The fourth-order valence-corrected chi connectivity index (χ4v) is 3.35. The Morgan fingerprint density at radius 2 is 1.08 bits per heavy atom. The number of aliphatic hydroxyl groups excluding tert-OH is 2. The molecule has 0 saturated heterocycles. The molecule has 2 unspecified atom stereocenters. The van der Waals surface area contributed by atoms with Crippen LogP contribution in [0.4, 0.5) is 47.1 Å². The average molecular weight is 799 g/mol. The second-order valence-electron chi connectivity index (χ2n) is 8.78. The van der Waals surface area contributed by atoms with Gasteiger partial charge in [0.1, 0.15) is 11.8 Å². The van der Waals surface area contributed by atoms with Crippen LogP contribution >= 0.6 is 0 Å². The molecule has 2 aromatic heterocycles. The van der Waals surface area contributed by atoms with Gasteiger partial charge in [-0.05, 0) is 24.3 Å². The zero-order valence-electron chi connectivity index (χ0n) is 27.6. The largest absolute Gasteiger partial charge is 1.00 e. The van der Waals surface area contributed by atoms with Crippen LogP contribution in [0.3, 0.4) is 0 Å². The Bertz CT molecular complexity index is 1550. The predicted molar refractivity (Wildman–Crippen MR) is 148 cm³/mol. The number of aliphatic carboxylic acids is 3. The van der Waals surface area contributed by atoms with E-state index in [-0.39, 0.29) is 268 Å². The van der Waals surface area contributed by atoms with Crippen LogP contribution in [-0.4, -0.2) is 96.4 Å². The molecule has 8 N–H and O–H groups in total. The van der Waals surface area contributed by atoms with Gasteiger partial charge in [0, 0.05) is 36.9 Å². The monoisotopic (exact) mass is 798 g/mol. The molecule has 2 atom stereocenters. The molecule has 0 spiro atoms. The van der Waals surface area contributed by atoms with E-state index in [1.807, 2.05) is 0 Å². The third-order valence-electron chi connectivity index (χ3n) is 5.35. The minimum atomic E-state index is -1.80. The first-order chi connectivity index (χ1) is 22.0. The Morgan fingerprint density at radius 1 is 0.680 bits per heavy atom. The van der Waals surface area contributed by atoms with Crippen LogP contribution in [0.15, 0.2) is 36.6 Å². The molecule has 0 bridgehead atoms. The van der Waals surface area contributed by atoms with Gasteiger partial charge in [0.15, 0.2) is 0 Å². The fraction of sp³-hybridized carbons (Fsp3) is 0.292. The minimum absolute atomic E-state index is 0. The van der Waals surface area contributed by atoms with Crippen molar-refractivity contribution < 1.29 is 256 Å². The zero-order chi connectivity index (χ0) is 33.6. The smallest absolute Gasteiger partial charge is 0.664 e. The molecule has 0 saturated carbocycles. The molecule has 50 heavy (non-hydrogen) atoms. The number of carbonyl (C=O) groups excluding carboxylic acids is 3. The summed E-state index contributed by atoms with van der Waals surface area (Å²) in [4.78, 5) is 61.7. The molecule has 0 aliphatic heterocycles. The Balaban J connectivity index is 0. The summed E-state index contributed by atoms with van der Waals surface area (Å²) in [5.74, 6) is -6.78. The van der Waals surface area contributed by atoms with Crippen molar-refractivity contribution in [3.8, 4) is 0 Å². The summed E-state index contributed by atoms with van der Waals surface area (Å²) in [6, 6.07) is 2.74. The molecule has 26 heteroatoms. The van der Waals surface area contributed by atoms with Gasteiger partial charge in [-0.25, -0.2) is 0 Å². The van der Waals surface area contributed by atoms with Crippen LogP contribution in [0.1, 0.15) is 6.42 Å². The molecule has 3 rings (SSSR count). The first-order valence-corrected chi connectivity index (χ1v) is 13.0. The minimum Gasteiger partial charge on any atom is -0.664 e. The van der Waals surface area contributed by atoms with E-state index < -0.39 is 42.2 Å². The van der Waals surface area contributed by atoms with E-state index in [1.165, 1.54) is 0 Å². The number of benzene rings is 1. The van der Waals surface area contributed by atoms with Crippen molar-refractivity contribution >= 4 is 65.0 Å². The standard InChI is InChI=1S/C24H30N12O10.4K/c1-11(46-45)16(18(43)44)30-24-34-20(26-7-9-38)32-22(36-24)28-13-4-2-12(3-5-13)27-21-31-19(25-6-8-37)33-23(35-21)29-14(17(41)42)10-15(39)40;;;;/h2-5,14,16,37-38,45H,1,6-10H2,(H,39,40)(H,41,42)(H,43,44)(H3,25,27,29,31,33,35)(H3,26,28,30,32,34,36);;;;/q;4*+1/p-4.